The fourth-order valence-electron chi connectivity index (χ4n) is 3.05. The third-order valence-corrected chi connectivity index (χ3v) is 4.43. The average molecular weight is 442 g/mol. The second-order valence-electron chi connectivity index (χ2n) is 7.11. The molecule has 0 aliphatic rings. The fourth-order valence-corrected chi connectivity index (χ4v) is 3.05. The van der Waals surface area contributed by atoms with Crippen molar-refractivity contribution < 1.29 is 32.5 Å². The molecule has 0 saturated heterocycles. The minimum atomic E-state index is -4.36. The number of hydrogen-bond acceptors (Lipinski definition) is 3. The fraction of sp³-hybridized carbons (Fsp3) is 0.160. The van der Waals surface area contributed by atoms with Crippen molar-refractivity contribution in [2.45, 2.75) is 19.5 Å². The number of hydrogen-bond donors (Lipinski definition) is 1. The van der Waals surface area contributed by atoms with E-state index in [1.165, 1.54) is 12.1 Å². The first-order chi connectivity index (χ1) is 15.2. The third-order valence-electron chi connectivity index (χ3n) is 4.43. The van der Waals surface area contributed by atoms with Gasteiger partial charge >= 0.3 is 12.1 Å². The maximum absolute atomic E-state index is 12.6. The number of para-hydroxylation sites is 2. The number of alkyl halides is 3. The summed E-state index contributed by atoms with van der Waals surface area (Å²) in [5.41, 5.74) is 1.43. The summed E-state index contributed by atoms with van der Waals surface area (Å²) in [6.45, 7) is 2.03. The van der Waals surface area contributed by atoms with E-state index in [1.54, 1.807) is 54.6 Å². The monoisotopic (exact) mass is 442 g/mol. The molecule has 0 spiro atoms. The van der Waals surface area contributed by atoms with Crippen LogP contribution in [0, 0.1) is 6.92 Å². The highest BCUT2D eigenvalue weighted by Gasteiger charge is 2.29. The van der Waals surface area contributed by atoms with E-state index in [4.69, 9.17) is 14.6 Å². The summed E-state index contributed by atoms with van der Waals surface area (Å²) in [4.78, 5) is 11.0. The number of ether oxygens (including phenoxy) is 2. The van der Waals surface area contributed by atoms with E-state index < -0.39 is 17.7 Å². The smallest absolute Gasteiger partial charge is 0.416 e. The molecule has 0 aliphatic carbocycles. The van der Waals surface area contributed by atoms with Gasteiger partial charge in [-0.05, 0) is 66.1 Å². The van der Waals surface area contributed by atoms with Gasteiger partial charge in [0.15, 0.2) is 11.5 Å². The molecule has 0 radical (unpaired) electrons. The SMILES string of the molecule is Cc1cc(CC(=O)O)cc(Oc2ccccc2OC/C=C/c2ccc(C(F)(F)F)cc2)c1. The lowest BCUT2D eigenvalue weighted by atomic mass is 10.1. The van der Waals surface area contributed by atoms with Crippen molar-refractivity contribution >= 4 is 12.0 Å². The minimum Gasteiger partial charge on any atom is -0.486 e. The molecule has 3 aromatic rings. The van der Waals surface area contributed by atoms with Crippen LogP contribution in [0.15, 0.2) is 72.8 Å². The highest BCUT2D eigenvalue weighted by Crippen LogP contribution is 2.32. The topological polar surface area (TPSA) is 55.8 Å². The van der Waals surface area contributed by atoms with Gasteiger partial charge < -0.3 is 14.6 Å². The van der Waals surface area contributed by atoms with E-state index in [0.29, 0.717) is 28.4 Å². The van der Waals surface area contributed by atoms with Crippen LogP contribution in [0.1, 0.15) is 22.3 Å². The van der Waals surface area contributed by atoms with Gasteiger partial charge in [-0.2, -0.15) is 13.2 Å². The van der Waals surface area contributed by atoms with Gasteiger partial charge in [0.25, 0.3) is 0 Å². The summed E-state index contributed by atoms with van der Waals surface area (Å²) >= 11 is 0. The highest BCUT2D eigenvalue weighted by atomic mass is 19.4. The van der Waals surface area contributed by atoms with Gasteiger partial charge in [0.1, 0.15) is 12.4 Å². The lowest BCUT2D eigenvalue weighted by Crippen LogP contribution is -2.04. The summed E-state index contributed by atoms with van der Waals surface area (Å²) in [6.07, 6.45) is -1.11. The quantitative estimate of drug-likeness (QED) is 0.431. The van der Waals surface area contributed by atoms with Crippen LogP contribution in [0.4, 0.5) is 13.2 Å². The first-order valence-corrected chi connectivity index (χ1v) is 9.76. The minimum absolute atomic E-state index is 0.106. The molecule has 166 valence electrons. The number of carboxylic acids is 1. The Hall–Kier alpha value is -3.74. The normalized spacial score (nSPS) is 11.5. The van der Waals surface area contributed by atoms with Crippen LogP contribution < -0.4 is 9.47 Å². The number of aliphatic carboxylic acids is 1. The van der Waals surface area contributed by atoms with Crippen LogP contribution in [0.25, 0.3) is 6.08 Å². The Bertz CT molecular complexity index is 1100. The van der Waals surface area contributed by atoms with Gasteiger partial charge in [-0.1, -0.05) is 36.4 Å². The average Bonchev–Trinajstić information content (AvgIpc) is 2.71. The lowest BCUT2D eigenvalue weighted by Gasteiger charge is -2.13. The van der Waals surface area contributed by atoms with Crippen LogP contribution >= 0.6 is 0 Å². The van der Waals surface area contributed by atoms with Crippen LogP contribution in [0.5, 0.6) is 17.2 Å². The molecule has 0 aromatic heterocycles. The molecule has 0 atom stereocenters. The Morgan fingerprint density at radius 2 is 1.69 bits per heavy atom. The number of benzene rings is 3. The summed E-state index contributed by atoms with van der Waals surface area (Å²) in [7, 11) is 0. The van der Waals surface area contributed by atoms with E-state index in [9.17, 15) is 18.0 Å². The Labute approximate surface area is 183 Å². The van der Waals surface area contributed by atoms with Gasteiger partial charge in [0.2, 0.25) is 0 Å². The van der Waals surface area contributed by atoms with Crippen LogP contribution in [-0.4, -0.2) is 17.7 Å². The molecule has 0 unspecified atom stereocenters. The molecule has 7 heteroatoms. The molecule has 0 aliphatic heterocycles. The first kappa shape index (κ1) is 22.9. The van der Waals surface area contributed by atoms with E-state index in [2.05, 4.69) is 0 Å². The molecule has 0 saturated carbocycles. The highest BCUT2D eigenvalue weighted by molar-refractivity contribution is 5.70. The zero-order valence-corrected chi connectivity index (χ0v) is 17.2. The van der Waals surface area contributed by atoms with E-state index in [0.717, 1.165) is 17.7 Å². The van der Waals surface area contributed by atoms with Crippen LogP contribution in [0.2, 0.25) is 0 Å². The predicted octanol–water partition coefficient (Wildman–Crippen LogP) is 6.53. The maximum Gasteiger partial charge on any atom is 0.416 e. The number of rotatable bonds is 8. The molecule has 0 bridgehead atoms. The van der Waals surface area contributed by atoms with Crippen molar-refractivity contribution in [1.29, 1.82) is 0 Å². The van der Waals surface area contributed by atoms with Crippen molar-refractivity contribution in [1.82, 2.24) is 0 Å². The third kappa shape index (κ3) is 6.63. The zero-order valence-electron chi connectivity index (χ0n) is 17.2. The number of carbonyl (C=O) groups is 1. The van der Waals surface area contributed by atoms with Crippen molar-refractivity contribution in [2.75, 3.05) is 6.61 Å². The van der Waals surface area contributed by atoms with Crippen molar-refractivity contribution in [2.24, 2.45) is 0 Å². The van der Waals surface area contributed by atoms with Gasteiger partial charge in [-0.25, -0.2) is 0 Å². The largest absolute Gasteiger partial charge is 0.486 e. The molecule has 3 aromatic carbocycles. The Morgan fingerprint density at radius 1 is 1.00 bits per heavy atom. The molecule has 3 rings (SSSR count). The van der Waals surface area contributed by atoms with Crippen LogP contribution in [0.3, 0.4) is 0 Å². The number of carboxylic acid groups (broad SMARTS) is 1. The first-order valence-electron chi connectivity index (χ1n) is 9.76. The molecule has 0 fully saturated rings. The molecule has 4 nitrogen and oxygen atoms in total. The van der Waals surface area contributed by atoms with Crippen molar-refractivity contribution in [3.05, 3.63) is 95.1 Å². The standard InChI is InChI=1S/C25H21F3O4/c1-17-13-19(16-24(29)30)15-21(14-17)32-23-7-3-2-6-22(23)31-12-4-5-18-8-10-20(11-9-18)25(26,27)28/h2-11,13-15H,12,16H2,1H3,(H,29,30)/b5-4+. The maximum atomic E-state index is 12.6. The van der Waals surface area contributed by atoms with Crippen LogP contribution in [-0.2, 0) is 17.4 Å². The predicted molar refractivity (Wildman–Crippen MR) is 115 cm³/mol. The van der Waals surface area contributed by atoms with Crippen molar-refractivity contribution in [3.63, 3.8) is 0 Å². The second-order valence-corrected chi connectivity index (χ2v) is 7.11. The summed E-state index contributed by atoms with van der Waals surface area (Å²) in [5, 5.41) is 9.02. The van der Waals surface area contributed by atoms with Gasteiger partial charge in [0.05, 0.1) is 12.0 Å². The Kier molecular flexibility index (Phi) is 7.20. The molecular formula is C25H21F3O4. The van der Waals surface area contributed by atoms with Gasteiger partial charge in [-0.15, -0.1) is 0 Å². The molecule has 1 N–H and O–H groups in total. The summed E-state index contributed by atoms with van der Waals surface area (Å²) < 4.78 is 49.6. The number of halogens is 3. The zero-order chi connectivity index (χ0) is 23.1. The Balaban J connectivity index is 1.65. The lowest BCUT2D eigenvalue weighted by molar-refractivity contribution is -0.138. The molecular weight excluding hydrogens is 421 g/mol. The molecule has 0 heterocycles. The summed E-state index contributed by atoms with van der Waals surface area (Å²) in [6, 6.07) is 17.1. The van der Waals surface area contributed by atoms with Crippen molar-refractivity contribution in [3.8, 4) is 17.2 Å². The molecule has 32 heavy (non-hydrogen) atoms. The van der Waals surface area contributed by atoms with E-state index in [-0.39, 0.29) is 13.0 Å². The van der Waals surface area contributed by atoms with Gasteiger partial charge in [0, 0.05) is 0 Å². The number of aryl methyl sites for hydroxylation is 1. The molecule has 0 amide bonds. The van der Waals surface area contributed by atoms with Gasteiger partial charge in [-0.3, -0.25) is 4.79 Å². The van der Waals surface area contributed by atoms with E-state index in [1.807, 2.05) is 6.92 Å². The second kappa shape index (κ2) is 10.0. The van der Waals surface area contributed by atoms with E-state index >= 15 is 0 Å². The Morgan fingerprint density at radius 3 is 2.34 bits per heavy atom. The summed E-state index contributed by atoms with van der Waals surface area (Å²) in [5.74, 6) is 0.510.